The maximum absolute atomic E-state index is 11.6. The van der Waals surface area contributed by atoms with Crippen molar-refractivity contribution in [1.29, 1.82) is 0 Å². The monoisotopic (exact) mass is 410 g/mol. The molecule has 2 atom stereocenters. The summed E-state index contributed by atoms with van der Waals surface area (Å²) in [5, 5.41) is 27.6. The number of hydrogen-bond donors (Lipinski definition) is 5. The Labute approximate surface area is 169 Å². The van der Waals surface area contributed by atoms with Gasteiger partial charge in [-0.3, -0.25) is 14.4 Å². The lowest BCUT2D eigenvalue weighted by atomic mass is 9.64. The molecule has 0 bridgehead atoms. The number of ketones is 1. The Balaban J connectivity index is 0.000000665. The van der Waals surface area contributed by atoms with Crippen LogP contribution in [0.1, 0.15) is 47.0 Å². The van der Waals surface area contributed by atoms with Crippen molar-refractivity contribution in [3.63, 3.8) is 0 Å². The Bertz CT molecular complexity index is 750. The first-order valence-electron chi connectivity index (χ1n) is 8.93. The predicted octanol–water partition coefficient (Wildman–Crippen LogP) is 0.914. The van der Waals surface area contributed by atoms with Crippen LogP contribution in [0.15, 0.2) is 35.5 Å². The van der Waals surface area contributed by atoms with Crippen LogP contribution in [0.25, 0.3) is 0 Å². The van der Waals surface area contributed by atoms with Crippen LogP contribution in [0.2, 0.25) is 0 Å². The van der Waals surface area contributed by atoms with Crippen molar-refractivity contribution in [3.8, 4) is 0 Å². The Morgan fingerprint density at radius 1 is 1.28 bits per heavy atom. The molecule has 0 aromatic rings. The summed E-state index contributed by atoms with van der Waals surface area (Å²) in [5.74, 6) is -2.67. The second kappa shape index (κ2) is 10.7. The van der Waals surface area contributed by atoms with Gasteiger partial charge in [-0.15, -0.1) is 0 Å². The highest BCUT2D eigenvalue weighted by Crippen LogP contribution is 2.44. The minimum absolute atomic E-state index is 0.00150. The first-order chi connectivity index (χ1) is 13.1. The molecule has 0 fully saturated rings. The standard InChI is InChI=1S/C15H20O4.C5H10N2O3/c1-10(7-13(17)18)5-6-15(19)11(2)8-12(16)9-14(15,3)4;6-3(5(9)10)1-2-4(7)8/h5-8,19H,9H2,1-4H3,(H,17,18);3H,1-2,6H2,(H2,7,8)(H,9,10)/b6-5+,10-7-;/t15-;3-/m10/s1. The number of carbonyl (C=O) groups excluding carboxylic acids is 2. The molecule has 0 aromatic heterocycles. The number of carbonyl (C=O) groups is 4. The molecule has 0 spiro atoms. The normalized spacial score (nSPS) is 22.3. The second-order valence-electron chi connectivity index (χ2n) is 7.63. The van der Waals surface area contributed by atoms with Crippen LogP contribution in [-0.2, 0) is 19.2 Å². The summed E-state index contributed by atoms with van der Waals surface area (Å²) >= 11 is 0. The van der Waals surface area contributed by atoms with Gasteiger partial charge in [0.15, 0.2) is 5.78 Å². The van der Waals surface area contributed by atoms with Crippen molar-refractivity contribution in [2.45, 2.75) is 58.6 Å². The summed E-state index contributed by atoms with van der Waals surface area (Å²) in [6.45, 7) is 7.00. The molecule has 1 rings (SSSR count). The van der Waals surface area contributed by atoms with Crippen LogP contribution in [0.5, 0.6) is 0 Å². The molecule has 1 amide bonds. The zero-order valence-electron chi connectivity index (χ0n) is 17.1. The third-order valence-corrected chi connectivity index (χ3v) is 4.58. The summed E-state index contributed by atoms with van der Waals surface area (Å²) in [4.78, 5) is 42.2. The summed E-state index contributed by atoms with van der Waals surface area (Å²) in [6, 6.07) is -0.979. The minimum Gasteiger partial charge on any atom is -0.480 e. The summed E-state index contributed by atoms with van der Waals surface area (Å²) < 4.78 is 0. The van der Waals surface area contributed by atoms with Gasteiger partial charge in [0.2, 0.25) is 5.91 Å². The fourth-order valence-electron chi connectivity index (χ4n) is 2.78. The number of carboxylic acids is 2. The number of amides is 1. The molecule has 162 valence electrons. The number of aliphatic carboxylic acids is 2. The largest absolute Gasteiger partial charge is 0.480 e. The highest BCUT2D eigenvalue weighted by atomic mass is 16.4. The summed E-state index contributed by atoms with van der Waals surface area (Å²) in [7, 11) is 0. The van der Waals surface area contributed by atoms with Crippen molar-refractivity contribution in [2.24, 2.45) is 16.9 Å². The molecule has 1 aliphatic carbocycles. The van der Waals surface area contributed by atoms with Gasteiger partial charge in [-0.25, -0.2) is 4.79 Å². The zero-order valence-corrected chi connectivity index (χ0v) is 17.1. The molecule has 1 aliphatic rings. The van der Waals surface area contributed by atoms with Crippen LogP contribution < -0.4 is 11.5 Å². The van der Waals surface area contributed by atoms with Crippen LogP contribution in [0.4, 0.5) is 0 Å². The lowest BCUT2D eigenvalue weighted by Gasteiger charge is -2.43. The SMILES string of the molecule is CC1=CC(=O)CC(C)(C)[C@@]1(O)/C=C/C(C)=C\C(=O)O.NC(=O)CC[C@H](N)C(=O)O. The number of rotatable bonds is 7. The van der Waals surface area contributed by atoms with E-state index < -0.39 is 34.9 Å². The third-order valence-electron chi connectivity index (χ3n) is 4.58. The molecule has 9 nitrogen and oxygen atoms in total. The molecule has 9 heteroatoms. The zero-order chi connectivity index (χ0) is 23.0. The number of primary amides is 1. The predicted molar refractivity (Wildman–Crippen MR) is 107 cm³/mol. The Kier molecular flexibility index (Phi) is 9.66. The van der Waals surface area contributed by atoms with Crippen LogP contribution in [0.3, 0.4) is 0 Å². The van der Waals surface area contributed by atoms with E-state index in [1.807, 2.05) is 13.8 Å². The lowest BCUT2D eigenvalue weighted by molar-refractivity contribution is -0.138. The van der Waals surface area contributed by atoms with E-state index >= 15 is 0 Å². The Hall–Kier alpha value is -2.78. The van der Waals surface area contributed by atoms with Crippen LogP contribution in [-0.4, -0.2) is 50.6 Å². The van der Waals surface area contributed by atoms with Gasteiger partial charge in [-0.1, -0.05) is 19.9 Å². The number of carboxylic acid groups (broad SMARTS) is 2. The first-order valence-corrected chi connectivity index (χ1v) is 8.93. The van der Waals surface area contributed by atoms with Crippen molar-refractivity contribution in [1.82, 2.24) is 0 Å². The van der Waals surface area contributed by atoms with E-state index in [9.17, 15) is 24.3 Å². The smallest absolute Gasteiger partial charge is 0.328 e. The van der Waals surface area contributed by atoms with Gasteiger partial charge < -0.3 is 26.8 Å². The minimum atomic E-state index is -1.24. The molecule has 0 unspecified atom stereocenters. The van der Waals surface area contributed by atoms with Gasteiger partial charge in [0, 0.05) is 24.3 Å². The Morgan fingerprint density at radius 2 is 1.83 bits per heavy atom. The van der Waals surface area contributed by atoms with E-state index in [1.54, 1.807) is 26.0 Å². The average molecular weight is 410 g/mol. The molecular formula is C20H30N2O7. The van der Waals surface area contributed by atoms with Gasteiger partial charge in [0.1, 0.15) is 11.6 Å². The van der Waals surface area contributed by atoms with E-state index in [1.165, 1.54) is 6.08 Å². The lowest BCUT2D eigenvalue weighted by Crippen LogP contribution is -2.48. The molecule has 0 radical (unpaired) electrons. The number of aliphatic hydroxyl groups is 1. The number of hydrogen-bond acceptors (Lipinski definition) is 6. The molecule has 29 heavy (non-hydrogen) atoms. The van der Waals surface area contributed by atoms with E-state index in [0.29, 0.717) is 11.1 Å². The third kappa shape index (κ3) is 8.41. The highest BCUT2D eigenvalue weighted by molar-refractivity contribution is 5.92. The van der Waals surface area contributed by atoms with Gasteiger partial charge in [-0.2, -0.15) is 0 Å². The van der Waals surface area contributed by atoms with Gasteiger partial charge in [0.05, 0.1) is 0 Å². The van der Waals surface area contributed by atoms with E-state index in [-0.39, 0.29) is 25.0 Å². The van der Waals surface area contributed by atoms with E-state index in [2.05, 4.69) is 0 Å². The fraction of sp³-hybridized carbons (Fsp3) is 0.500. The molecule has 0 heterocycles. The Morgan fingerprint density at radius 3 is 2.24 bits per heavy atom. The second-order valence-corrected chi connectivity index (χ2v) is 7.63. The van der Waals surface area contributed by atoms with Crippen molar-refractivity contribution in [2.75, 3.05) is 0 Å². The highest BCUT2D eigenvalue weighted by Gasteiger charge is 2.46. The molecule has 0 aliphatic heterocycles. The van der Waals surface area contributed by atoms with Crippen molar-refractivity contribution in [3.05, 3.63) is 35.5 Å². The maximum Gasteiger partial charge on any atom is 0.328 e. The molecule has 0 aromatic carbocycles. The number of allylic oxidation sites excluding steroid dienone is 3. The summed E-state index contributed by atoms with van der Waals surface area (Å²) in [6.07, 6.45) is 6.04. The molecule has 0 saturated carbocycles. The summed E-state index contributed by atoms with van der Waals surface area (Å²) in [5.41, 5.74) is 9.05. The van der Waals surface area contributed by atoms with E-state index in [0.717, 1.165) is 6.08 Å². The topological polar surface area (TPSA) is 181 Å². The van der Waals surface area contributed by atoms with Crippen molar-refractivity contribution < 1.29 is 34.5 Å². The van der Waals surface area contributed by atoms with Crippen molar-refractivity contribution >= 4 is 23.6 Å². The fourth-order valence-corrected chi connectivity index (χ4v) is 2.78. The molecular weight excluding hydrogens is 380 g/mol. The van der Waals surface area contributed by atoms with Gasteiger partial charge in [-0.05, 0) is 43.6 Å². The van der Waals surface area contributed by atoms with Gasteiger partial charge >= 0.3 is 11.9 Å². The van der Waals surface area contributed by atoms with Crippen LogP contribution >= 0.6 is 0 Å². The first kappa shape index (κ1) is 26.2. The van der Waals surface area contributed by atoms with Gasteiger partial charge in [0.25, 0.3) is 0 Å². The quantitative estimate of drug-likeness (QED) is 0.303. The maximum atomic E-state index is 11.6. The van der Waals surface area contributed by atoms with E-state index in [4.69, 9.17) is 21.7 Å². The molecule has 0 saturated heterocycles. The molecule has 7 N–H and O–H groups in total. The number of nitrogens with two attached hydrogens (primary N) is 2. The van der Waals surface area contributed by atoms with Crippen LogP contribution in [0, 0.1) is 5.41 Å². The average Bonchev–Trinajstić information content (AvgIpc) is 2.55.